The number of carbonyl (C=O) groups is 3. The maximum Gasteiger partial charge on any atom is 0.335 e. The molecule has 21 heavy (non-hydrogen) atoms. The summed E-state index contributed by atoms with van der Waals surface area (Å²) in [5.41, 5.74) is 0.599. The number of urea groups is 1. The summed E-state index contributed by atoms with van der Waals surface area (Å²) >= 11 is 0. The van der Waals surface area contributed by atoms with Gasteiger partial charge in [-0.15, -0.1) is 0 Å². The average molecular weight is 286 g/mol. The topological polar surface area (TPSA) is 112 Å². The summed E-state index contributed by atoms with van der Waals surface area (Å²) in [6.07, 6.45) is 1.46. The number of nitrogens with zero attached hydrogens (tertiary/aromatic N) is 3. The highest BCUT2D eigenvalue weighted by Crippen LogP contribution is 2.25. The Bertz CT molecular complexity index is 774. The number of rotatable bonds is 2. The fourth-order valence-electron chi connectivity index (χ4n) is 2.16. The minimum Gasteiger partial charge on any atom is -0.478 e. The van der Waals surface area contributed by atoms with Crippen LogP contribution in [0, 0.1) is 0 Å². The van der Waals surface area contributed by atoms with Crippen molar-refractivity contribution in [3.05, 3.63) is 30.1 Å². The van der Waals surface area contributed by atoms with Gasteiger partial charge < -0.3 is 5.11 Å². The molecular weight excluding hydrogens is 276 g/mol. The van der Waals surface area contributed by atoms with Gasteiger partial charge in [-0.05, 0) is 18.2 Å². The monoisotopic (exact) mass is 286 g/mol. The molecule has 0 saturated carbocycles. The van der Waals surface area contributed by atoms with Gasteiger partial charge in [-0.2, -0.15) is 0 Å². The predicted octanol–water partition coefficient (Wildman–Crippen LogP) is 0.774. The van der Waals surface area contributed by atoms with Crippen molar-refractivity contribution in [1.82, 2.24) is 15.3 Å². The summed E-state index contributed by atoms with van der Waals surface area (Å²) < 4.78 is 0. The Morgan fingerprint density at radius 2 is 2.10 bits per heavy atom. The number of anilines is 1. The van der Waals surface area contributed by atoms with E-state index in [1.807, 2.05) is 0 Å². The quantitative estimate of drug-likeness (QED) is 0.843. The summed E-state index contributed by atoms with van der Waals surface area (Å²) in [5.74, 6) is -1.14. The Balaban J connectivity index is 2.13. The van der Waals surface area contributed by atoms with E-state index in [1.165, 1.54) is 23.4 Å². The van der Waals surface area contributed by atoms with Gasteiger partial charge in [-0.25, -0.2) is 19.6 Å². The smallest absolute Gasteiger partial charge is 0.335 e. The molecule has 3 amide bonds. The maximum absolute atomic E-state index is 11.9. The molecule has 0 atom stereocenters. The maximum atomic E-state index is 11.9. The summed E-state index contributed by atoms with van der Waals surface area (Å²) in [6.45, 7) is 0.189. The van der Waals surface area contributed by atoms with E-state index in [-0.39, 0.29) is 30.3 Å². The van der Waals surface area contributed by atoms with E-state index in [9.17, 15) is 14.4 Å². The molecular formula is C13H10N4O4. The van der Waals surface area contributed by atoms with Crippen molar-refractivity contribution in [2.75, 3.05) is 11.4 Å². The molecule has 2 N–H and O–H groups in total. The first-order chi connectivity index (χ1) is 10.1. The Morgan fingerprint density at radius 3 is 2.81 bits per heavy atom. The number of carboxylic acids is 1. The lowest BCUT2D eigenvalue weighted by Gasteiger charge is -2.26. The SMILES string of the molecule is O=C1CCN(c2ncnc3ccc(C(=O)O)cc23)C(=O)N1. The first-order valence-corrected chi connectivity index (χ1v) is 6.15. The van der Waals surface area contributed by atoms with Crippen LogP contribution >= 0.6 is 0 Å². The number of nitrogens with one attached hydrogen (secondary N) is 1. The Kier molecular flexibility index (Phi) is 2.98. The highest BCUT2D eigenvalue weighted by atomic mass is 16.4. The Morgan fingerprint density at radius 1 is 1.29 bits per heavy atom. The summed E-state index contributed by atoms with van der Waals surface area (Å²) in [6, 6.07) is 3.82. The second-order valence-corrected chi connectivity index (χ2v) is 4.49. The number of hydrogen-bond donors (Lipinski definition) is 2. The Hall–Kier alpha value is -3.03. The molecule has 2 aromatic rings. The third kappa shape index (κ3) is 2.27. The first-order valence-electron chi connectivity index (χ1n) is 6.15. The van der Waals surface area contributed by atoms with E-state index in [0.717, 1.165) is 0 Å². The number of benzene rings is 1. The van der Waals surface area contributed by atoms with Crippen LogP contribution in [0.2, 0.25) is 0 Å². The normalized spacial score (nSPS) is 15.1. The van der Waals surface area contributed by atoms with Crippen LogP contribution in [0.5, 0.6) is 0 Å². The minimum absolute atomic E-state index is 0.0760. The van der Waals surface area contributed by atoms with Crippen molar-refractivity contribution in [3.63, 3.8) is 0 Å². The molecule has 1 fully saturated rings. The van der Waals surface area contributed by atoms with Crippen LogP contribution in [0.4, 0.5) is 10.6 Å². The second-order valence-electron chi connectivity index (χ2n) is 4.49. The van der Waals surface area contributed by atoms with Crippen molar-refractivity contribution in [1.29, 1.82) is 0 Å². The summed E-state index contributed by atoms with van der Waals surface area (Å²) in [7, 11) is 0. The molecule has 106 valence electrons. The molecule has 1 saturated heterocycles. The van der Waals surface area contributed by atoms with Crippen LogP contribution in [-0.4, -0.2) is 39.5 Å². The van der Waals surface area contributed by atoms with Crippen LogP contribution in [0.1, 0.15) is 16.8 Å². The Labute approximate surface area is 118 Å². The van der Waals surface area contributed by atoms with Gasteiger partial charge >= 0.3 is 12.0 Å². The number of aromatic carboxylic acids is 1. The number of amides is 3. The average Bonchev–Trinajstić information content (AvgIpc) is 2.46. The van der Waals surface area contributed by atoms with E-state index >= 15 is 0 Å². The van der Waals surface area contributed by atoms with E-state index in [1.54, 1.807) is 6.07 Å². The molecule has 0 radical (unpaired) electrons. The standard InChI is InChI=1S/C13H10N4O4/c18-10-3-4-17(13(21)16-10)11-8-5-7(12(19)20)1-2-9(8)14-6-15-11/h1-2,5-6H,3-4H2,(H,19,20)(H,16,18,21). The number of carbonyl (C=O) groups excluding carboxylic acids is 2. The van der Waals surface area contributed by atoms with Crippen LogP contribution in [0.3, 0.4) is 0 Å². The molecule has 0 aliphatic carbocycles. The molecule has 0 bridgehead atoms. The zero-order chi connectivity index (χ0) is 15.0. The lowest BCUT2D eigenvalue weighted by Crippen LogP contribution is -2.50. The molecule has 0 unspecified atom stereocenters. The van der Waals surface area contributed by atoms with Gasteiger partial charge in [0.25, 0.3) is 0 Å². The van der Waals surface area contributed by atoms with Crippen molar-refractivity contribution in [3.8, 4) is 0 Å². The number of imide groups is 1. The highest BCUT2D eigenvalue weighted by molar-refractivity contribution is 6.09. The van der Waals surface area contributed by atoms with Crippen molar-refractivity contribution in [2.45, 2.75) is 6.42 Å². The number of carboxylic acid groups (broad SMARTS) is 1. The lowest BCUT2D eigenvalue weighted by atomic mass is 10.1. The van der Waals surface area contributed by atoms with Gasteiger partial charge in [0.05, 0.1) is 11.1 Å². The van der Waals surface area contributed by atoms with E-state index in [2.05, 4.69) is 15.3 Å². The van der Waals surface area contributed by atoms with Gasteiger partial charge in [0, 0.05) is 18.4 Å². The molecule has 3 rings (SSSR count). The summed E-state index contributed by atoms with van der Waals surface area (Å²) in [5, 5.41) is 11.7. The number of aromatic nitrogens is 2. The van der Waals surface area contributed by atoms with Gasteiger partial charge in [0.15, 0.2) is 0 Å². The van der Waals surface area contributed by atoms with Gasteiger partial charge in [0.1, 0.15) is 12.1 Å². The van der Waals surface area contributed by atoms with Crippen LogP contribution in [-0.2, 0) is 4.79 Å². The summed E-state index contributed by atoms with van der Waals surface area (Å²) in [4.78, 5) is 43.5. The zero-order valence-electron chi connectivity index (χ0n) is 10.7. The lowest BCUT2D eigenvalue weighted by molar-refractivity contribution is -0.120. The fourth-order valence-corrected chi connectivity index (χ4v) is 2.16. The molecule has 1 aliphatic rings. The van der Waals surface area contributed by atoms with Gasteiger partial charge in [-0.3, -0.25) is 15.0 Å². The third-order valence-electron chi connectivity index (χ3n) is 3.17. The molecule has 1 aromatic heterocycles. The van der Waals surface area contributed by atoms with Gasteiger partial charge in [-0.1, -0.05) is 0 Å². The van der Waals surface area contributed by atoms with Crippen LogP contribution in [0.25, 0.3) is 10.9 Å². The number of hydrogen-bond acceptors (Lipinski definition) is 5. The van der Waals surface area contributed by atoms with Gasteiger partial charge in [0.2, 0.25) is 5.91 Å². The zero-order valence-corrected chi connectivity index (χ0v) is 10.7. The highest BCUT2D eigenvalue weighted by Gasteiger charge is 2.26. The first kappa shape index (κ1) is 13.0. The minimum atomic E-state index is -1.08. The predicted molar refractivity (Wildman–Crippen MR) is 72.0 cm³/mol. The van der Waals surface area contributed by atoms with E-state index in [0.29, 0.717) is 10.9 Å². The van der Waals surface area contributed by atoms with Crippen molar-refractivity contribution >= 4 is 34.6 Å². The third-order valence-corrected chi connectivity index (χ3v) is 3.17. The molecule has 8 heteroatoms. The van der Waals surface area contributed by atoms with E-state index in [4.69, 9.17) is 5.11 Å². The molecule has 0 spiro atoms. The molecule has 1 aliphatic heterocycles. The van der Waals surface area contributed by atoms with E-state index < -0.39 is 12.0 Å². The van der Waals surface area contributed by atoms with Crippen molar-refractivity contribution in [2.24, 2.45) is 0 Å². The van der Waals surface area contributed by atoms with Crippen LogP contribution < -0.4 is 10.2 Å². The largest absolute Gasteiger partial charge is 0.478 e. The molecule has 8 nitrogen and oxygen atoms in total. The second kappa shape index (κ2) is 4.82. The van der Waals surface area contributed by atoms with Crippen molar-refractivity contribution < 1.29 is 19.5 Å². The molecule has 1 aromatic carbocycles. The fraction of sp³-hybridized carbons (Fsp3) is 0.154. The molecule has 2 heterocycles. The van der Waals surface area contributed by atoms with Crippen LogP contribution in [0.15, 0.2) is 24.5 Å². The number of fused-ring (bicyclic) bond motifs is 1.